The number of aliphatic hydroxyl groups is 1. The van der Waals surface area contributed by atoms with Gasteiger partial charge >= 0.3 is 12.2 Å². The number of allylic oxidation sites excluding steroid dienone is 3. The predicted octanol–water partition coefficient (Wildman–Crippen LogP) is 11.8. The molecule has 0 aromatic rings. The highest BCUT2D eigenvalue weighted by Gasteiger charge is 2.25. The van der Waals surface area contributed by atoms with E-state index in [0.29, 0.717) is 25.8 Å². The van der Waals surface area contributed by atoms with Crippen molar-refractivity contribution in [1.29, 1.82) is 0 Å². The number of aliphatic hydroxyl groups excluding tert-OH is 1. The first-order valence-corrected chi connectivity index (χ1v) is 27.4. The quantitative estimate of drug-likeness (QED) is 0.0133. The van der Waals surface area contributed by atoms with E-state index in [1.54, 1.807) is 47.6 Å². The van der Waals surface area contributed by atoms with Crippen molar-refractivity contribution in [3.8, 4) is 0 Å². The van der Waals surface area contributed by atoms with Crippen LogP contribution in [0.2, 0.25) is 0 Å². The van der Waals surface area contributed by atoms with Crippen molar-refractivity contribution in [3.63, 3.8) is 0 Å². The maximum Gasteiger partial charge on any atom is 0.408 e. The summed E-state index contributed by atoms with van der Waals surface area (Å²) in [5, 5.41) is 23.8. The zero-order valence-electron chi connectivity index (χ0n) is 45.2. The molecule has 4 amide bonds. The van der Waals surface area contributed by atoms with E-state index in [1.807, 2.05) is 6.08 Å². The van der Waals surface area contributed by atoms with E-state index in [-0.39, 0.29) is 31.1 Å². The van der Waals surface area contributed by atoms with Crippen LogP contribution in [0.25, 0.3) is 0 Å². The summed E-state index contributed by atoms with van der Waals surface area (Å²) in [4.78, 5) is 51.3. The molecule has 402 valence electrons. The van der Waals surface area contributed by atoms with Crippen molar-refractivity contribution in [2.75, 3.05) is 19.6 Å². The number of amides is 4. The molecule has 0 aromatic heterocycles. The van der Waals surface area contributed by atoms with Crippen LogP contribution in [0.3, 0.4) is 0 Å². The molecular weight excluding hydrogens is 871 g/mol. The van der Waals surface area contributed by atoms with Crippen LogP contribution in [-0.4, -0.2) is 83.1 Å². The zero-order chi connectivity index (χ0) is 51.6. The highest BCUT2D eigenvalue weighted by molar-refractivity contribution is 5.85. The second-order valence-electron chi connectivity index (χ2n) is 21.0. The maximum atomic E-state index is 13.4. The summed E-state index contributed by atoms with van der Waals surface area (Å²) in [5.74, 6) is 5.79. The smallest absolute Gasteiger partial charge is 0.408 e. The van der Waals surface area contributed by atoms with E-state index in [2.05, 4.69) is 47.3 Å². The van der Waals surface area contributed by atoms with Gasteiger partial charge in [-0.15, -0.1) is 0 Å². The van der Waals surface area contributed by atoms with Gasteiger partial charge in [-0.05, 0) is 106 Å². The van der Waals surface area contributed by atoms with Gasteiger partial charge in [0.2, 0.25) is 11.8 Å². The van der Waals surface area contributed by atoms with Crippen molar-refractivity contribution in [2.45, 2.75) is 271 Å². The summed E-state index contributed by atoms with van der Waals surface area (Å²) in [5.41, 5.74) is 5.17. The highest BCUT2D eigenvalue weighted by atomic mass is 16.6. The number of nitrogens with zero attached hydrogens (tertiary/aromatic N) is 1. The van der Waals surface area contributed by atoms with Crippen LogP contribution in [0.1, 0.15) is 242 Å². The summed E-state index contributed by atoms with van der Waals surface area (Å²) in [6.45, 7) is 15.4. The number of nitrogens with two attached hydrogens (primary N) is 2. The third-order valence-corrected chi connectivity index (χ3v) is 11.5. The van der Waals surface area contributed by atoms with Crippen LogP contribution in [0, 0.1) is 0 Å². The average molecular weight is 976 g/mol. The lowest BCUT2D eigenvalue weighted by atomic mass is 10.0. The van der Waals surface area contributed by atoms with E-state index in [9.17, 15) is 24.3 Å². The van der Waals surface area contributed by atoms with E-state index >= 15 is 0 Å². The molecule has 3 atom stereocenters. The van der Waals surface area contributed by atoms with Gasteiger partial charge in [-0.25, -0.2) is 15.4 Å². The summed E-state index contributed by atoms with van der Waals surface area (Å²) >= 11 is 0. The molecule has 0 saturated carbocycles. The first-order valence-electron chi connectivity index (χ1n) is 27.4. The third-order valence-electron chi connectivity index (χ3n) is 11.5. The van der Waals surface area contributed by atoms with Crippen LogP contribution in [0.5, 0.6) is 0 Å². The van der Waals surface area contributed by atoms with Crippen molar-refractivity contribution >= 4 is 24.0 Å². The molecule has 1 unspecified atom stereocenters. The van der Waals surface area contributed by atoms with Crippen molar-refractivity contribution in [1.82, 2.24) is 26.3 Å². The molecule has 0 fully saturated rings. The Labute approximate surface area is 421 Å². The second kappa shape index (κ2) is 42.0. The molecule has 0 heterocycles. The van der Waals surface area contributed by atoms with Crippen LogP contribution in [-0.2, 0) is 19.1 Å². The normalized spacial score (nSPS) is 13.6. The van der Waals surface area contributed by atoms with Gasteiger partial charge in [0.05, 0.1) is 25.2 Å². The Hall–Kier alpha value is -3.78. The van der Waals surface area contributed by atoms with E-state index in [0.717, 1.165) is 57.8 Å². The number of alkyl carbamates (subject to hydrolysis) is 2. The number of hydrogen-bond acceptors (Lipinski definition) is 10. The molecular formula is C55H105N7O7. The first kappa shape index (κ1) is 65.2. The number of ether oxygens (including phenoxy) is 2. The molecule has 0 bridgehead atoms. The van der Waals surface area contributed by atoms with Crippen LogP contribution in [0.4, 0.5) is 9.59 Å². The Morgan fingerprint density at radius 1 is 0.594 bits per heavy atom. The zero-order valence-corrected chi connectivity index (χ0v) is 45.2. The fraction of sp³-hybridized carbons (Fsp3) is 0.818. The van der Waals surface area contributed by atoms with Gasteiger partial charge < -0.3 is 46.6 Å². The number of unbranched alkanes of at least 4 members (excludes halogenated alkanes) is 23. The lowest BCUT2D eigenvalue weighted by molar-refractivity contribution is -0.123. The number of nitrogens with one attached hydrogen (secondary N) is 4. The molecule has 14 heteroatoms. The Morgan fingerprint density at radius 3 is 1.57 bits per heavy atom. The molecule has 0 aliphatic carbocycles. The van der Waals surface area contributed by atoms with E-state index in [1.165, 1.54) is 114 Å². The molecule has 0 spiro atoms. The first-order chi connectivity index (χ1) is 32.9. The number of carbonyl (C=O) groups excluding carboxylic acids is 4. The van der Waals surface area contributed by atoms with Gasteiger partial charge in [0.15, 0.2) is 0 Å². The fourth-order valence-electron chi connectivity index (χ4n) is 7.72. The SMILES string of the molecule is CCCCCCCC/C=C\CCCCCCCC(=O)N[C@@H](CN(N)/C=C(\N)CNC(=O)C(CCCCNC(=O)OC(C)(C)C)NC(=O)OC(C)(C)C)[C@H](O)/C=C/CCCCCCCCCCCCC. The minimum Gasteiger partial charge on any atom is -0.444 e. The molecule has 0 saturated heterocycles. The maximum absolute atomic E-state index is 13.4. The molecule has 0 radical (unpaired) electrons. The Balaban J connectivity index is 5.32. The molecule has 9 N–H and O–H groups in total. The summed E-state index contributed by atoms with van der Waals surface area (Å²) in [7, 11) is 0. The van der Waals surface area contributed by atoms with Crippen molar-refractivity contribution in [3.05, 3.63) is 36.2 Å². The monoisotopic (exact) mass is 976 g/mol. The topological polar surface area (TPSA) is 210 Å². The molecule has 14 nitrogen and oxygen atoms in total. The number of hydrogen-bond donors (Lipinski definition) is 7. The van der Waals surface area contributed by atoms with Gasteiger partial charge in [0, 0.05) is 24.9 Å². The fourth-order valence-corrected chi connectivity index (χ4v) is 7.72. The van der Waals surface area contributed by atoms with Crippen molar-refractivity contribution in [2.24, 2.45) is 11.6 Å². The predicted molar refractivity (Wildman–Crippen MR) is 285 cm³/mol. The number of carbonyl (C=O) groups is 4. The van der Waals surface area contributed by atoms with Crippen LogP contribution < -0.4 is 32.8 Å². The van der Waals surface area contributed by atoms with Crippen molar-refractivity contribution < 1.29 is 33.8 Å². The van der Waals surface area contributed by atoms with Crippen LogP contribution >= 0.6 is 0 Å². The van der Waals surface area contributed by atoms with Gasteiger partial charge in [0.25, 0.3) is 0 Å². The van der Waals surface area contributed by atoms with E-state index < -0.39 is 47.5 Å². The van der Waals surface area contributed by atoms with Crippen LogP contribution in [0.15, 0.2) is 36.2 Å². The van der Waals surface area contributed by atoms with E-state index in [4.69, 9.17) is 21.1 Å². The average Bonchev–Trinajstić information content (AvgIpc) is 3.26. The Kier molecular flexibility index (Phi) is 39.7. The number of hydrazine groups is 1. The Bertz CT molecular complexity index is 1410. The summed E-state index contributed by atoms with van der Waals surface area (Å²) in [6, 6.07) is -1.64. The molecule has 0 aliphatic heterocycles. The number of rotatable bonds is 42. The molecule has 0 aromatic carbocycles. The highest BCUT2D eigenvalue weighted by Crippen LogP contribution is 2.15. The minimum atomic E-state index is -0.977. The standard InChI is InChI=1S/C55H105N7O7/c1-9-11-13-15-17-19-21-23-24-26-28-30-32-34-36-41-50(64)60-48(49(63)40-35-33-31-29-27-25-22-20-18-16-14-12-10-2)45-62(57)44-46(56)43-59-51(65)47(61-53(67)69-55(6,7)8)39-37-38-42-58-52(66)68-54(3,4)5/h23-24,35,40,44,47-49,63H,9-22,25-34,36-39,41-43,45,56-57H2,1-8H3,(H,58,66)(H,59,65)(H,60,64)(H,61,67)/b24-23-,40-35+,46-44-/t47?,48-,49+/m0/s1. The van der Waals surface area contributed by atoms with Gasteiger partial charge in [-0.2, -0.15) is 0 Å². The lowest BCUT2D eigenvalue weighted by Gasteiger charge is -2.27. The Morgan fingerprint density at radius 2 is 1.06 bits per heavy atom. The van der Waals surface area contributed by atoms with Gasteiger partial charge in [-0.1, -0.05) is 154 Å². The van der Waals surface area contributed by atoms with Gasteiger partial charge in [-0.3, -0.25) is 9.59 Å². The molecule has 0 rings (SSSR count). The molecule has 0 aliphatic rings. The second-order valence-corrected chi connectivity index (χ2v) is 21.0. The summed E-state index contributed by atoms with van der Waals surface area (Å²) in [6.07, 6.45) is 39.4. The van der Waals surface area contributed by atoms with Gasteiger partial charge in [0.1, 0.15) is 17.2 Å². The lowest BCUT2D eigenvalue weighted by Crippen LogP contribution is -2.51. The largest absolute Gasteiger partial charge is 0.444 e. The minimum absolute atomic E-state index is 0.0663. The molecule has 69 heavy (non-hydrogen) atoms. The summed E-state index contributed by atoms with van der Waals surface area (Å²) < 4.78 is 10.7. The third kappa shape index (κ3) is 43.9.